The number of piperidine rings is 1. The van der Waals surface area contributed by atoms with Gasteiger partial charge in [0.1, 0.15) is 0 Å². The molecule has 1 saturated heterocycles. The first kappa shape index (κ1) is 14.7. The Morgan fingerprint density at radius 1 is 1.32 bits per heavy atom. The summed E-state index contributed by atoms with van der Waals surface area (Å²) in [4.78, 5) is 26.1. The Hall–Kier alpha value is -2.24. The molecule has 0 spiro atoms. The van der Waals surface area contributed by atoms with Gasteiger partial charge >= 0.3 is 0 Å². The Morgan fingerprint density at radius 3 is 2.95 bits per heavy atom. The van der Waals surface area contributed by atoms with Gasteiger partial charge in [-0.1, -0.05) is 6.92 Å². The maximum atomic E-state index is 12.1. The zero-order valence-corrected chi connectivity index (χ0v) is 12.6. The van der Waals surface area contributed by atoms with Gasteiger partial charge in [0.05, 0.1) is 6.54 Å². The lowest BCUT2D eigenvalue weighted by atomic mass is 10.0. The van der Waals surface area contributed by atoms with Crippen LogP contribution in [0.4, 0.5) is 0 Å². The monoisotopic (exact) mass is 304 g/mol. The molecule has 1 aromatic carbocycles. The number of hydrogen-bond donors (Lipinski definition) is 1. The minimum atomic E-state index is -0.281. The molecule has 22 heavy (non-hydrogen) atoms. The van der Waals surface area contributed by atoms with Crippen LogP contribution in [0.5, 0.6) is 11.5 Å². The summed E-state index contributed by atoms with van der Waals surface area (Å²) < 4.78 is 10.5. The Morgan fingerprint density at radius 2 is 2.14 bits per heavy atom. The molecule has 1 aromatic rings. The van der Waals surface area contributed by atoms with E-state index in [2.05, 4.69) is 12.2 Å². The van der Waals surface area contributed by atoms with E-state index in [1.165, 1.54) is 0 Å². The smallest absolute Gasteiger partial charge is 0.251 e. The maximum Gasteiger partial charge on any atom is 0.251 e. The van der Waals surface area contributed by atoms with E-state index in [1.54, 1.807) is 18.2 Å². The van der Waals surface area contributed by atoms with Gasteiger partial charge in [-0.3, -0.25) is 9.59 Å². The van der Waals surface area contributed by atoms with Gasteiger partial charge in [0.2, 0.25) is 12.7 Å². The maximum absolute atomic E-state index is 12.1. The summed E-state index contributed by atoms with van der Waals surface area (Å²) in [7, 11) is 0. The van der Waals surface area contributed by atoms with Crippen molar-refractivity contribution in [1.29, 1.82) is 0 Å². The molecule has 3 rings (SSSR count). The van der Waals surface area contributed by atoms with E-state index in [-0.39, 0.29) is 25.2 Å². The van der Waals surface area contributed by atoms with E-state index < -0.39 is 0 Å². The number of likely N-dealkylation sites (tertiary alicyclic amines) is 1. The number of hydrogen-bond acceptors (Lipinski definition) is 4. The van der Waals surface area contributed by atoms with E-state index >= 15 is 0 Å². The van der Waals surface area contributed by atoms with E-state index in [1.807, 2.05) is 4.90 Å². The van der Waals surface area contributed by atoms with Crippen molar-refractivity contribution < 1.29 is 19.1 Å². The number of ether oxygens (including phenoxy) is 2. The topological polar surface area (TPSA) is 67.9 Å². The van der Waals surface area contributed by atoms with Crippen LogP contribution in [0.25, 0.3) is 0 Å². The SMILES string of the molecule is CC1CCCN(C(=O)CNC(=O)c2ccc3c(c2)OCO3)C1. The molecule has 0 aliphatic carbocycles. The first-order valence-corrected chi connectivity index (χ1v) is 7.59. The molecular weight excluding hydrogens is 284 g/mol. The molecule has 2 amide bonds. The Balaban J connectivity index is 1.54. The Kier molecular flexibility index (Phi) is 4.18. The van der Waals surface area contributed by atoms with Crippen LogP contribution in [0.15, 0.2) is 18.2 Å². The number of nitrogens with zero attached hydrogens (tertiary/aromatic N) is 1. The quantitative estimate of drug-likeness (QED) is 0.916. The van der Waals surface area contributed by atoms with Gasteiger partial charge in [-0.15, -0.1) is 0 Å². The Bertz CT molecular complexity index is 588. The molecular formula is C16H20N2O4. The molecule has 0 bridgehead atoms. The van der Waals surface area contributed by atoms with E-state index in [4.69, 9.17) is 9.47 Å². The molecule has 0 aromatic heterocycles. The largest absolute Gasteiger partial charge is 0.454 e. The summed E-state index contributed by atoms with van der Waals surface area (Å²) >= 11 is 0. The molecule has 0 radical (unpaired) electrons. The van der Waals surface area contributed by atoms with Crippen molar-refractivity contribution in [3.05, 3.63) is 23.8 Å². The van der Waals surface area contributed by atoms with Gasteiger partial charge in [-0.25, -0.2) is 0 Å². The van der Waals surface area contributed by atoms with Crippen LogP contribution in [0.1, 0.15) is 30.1 Å². The fourth-order valence-corrected chi connectivity index (χ4v) is 2.82. The lowest BCUT2D eigenvalue weighted by Gasteiger charge is -2.31. The number of fused-ring (bicyclic) bond motifs is 1. The number of amides is 2. The van der Waals surface area contributed by atoms with E-state index in [0.717, 1.165) is 25.9 Å². The molecule has 0 saturated carbocycles. The lowest BCUT2D eigenvalue weighted by Crippen LogP contribution is -2.44. The highest BCUT2D eigenvalue weighted by Gasteiger charge is 2.22. The first-order chi connectivity index (χ1) is 10.6. The number of carbonyl (C=O) groups excluding carboxylic acids is 2. The van der Waals surface area contributed by atoms with Gasteiger partial charge < -0.3 is 19.7 Å². The minimum absolute atomic E-state index is 0.0272. The normalized spacial score (nSPS) is 19.9. The number of rotatable bonds is 3. The zero-order chi connectivity index (χ0) is 15.5. The molecule has 1 N–H and O–H groups in total. The van der Waals surface area contributed by atoms with Crippen LogP contribution in [-0.2, 0) is 4.79 Å². The summed E-state index contributed by atoms with van der Waals surface area (Å²) in [5.74, 6) is 1.42. The third-order valence-corrected chi connectivity index (χ3v) is 4.04. The van der Waals surface area contributed by atoms with Crippen molar-refractivity contribution in [2.24, 2.45) is 5.92 Å². The molecule has 2 aliphatic rings. The number of nitrogens with one attached hydrogen (secondary N) is 1. The highest BCUT2D eigenvalue weighted by Crippen LogP contribution is 2.32. The van der Waals surface area contributed by atoms with E-state index in [0.29, 0.717) is 23.0 Å². The summed E-state index contributed by atoms with van der Waals surface area (Å²) in [5, 5.41) is 2.68. The third-order valence-electron chi connectivity index (χ3n) is 4.04. The molecule has 2 heterocycles. The van der Waals surface area contributed by atoms with Crippen molar-refractivity contribution >= 4 is 11.8 Å². The summed E-state index contributed by atoms with van der Waals surface area (Å²) in [6.45, 7) is 3.90. The predicted octanol–water partition coefficient (Wildman–Crippen LogP) is 1.40. The molecule has 1 fully saturated rings. The van der Waals surface area contributed by atoms with E-state index in [9.17, 15) is 9.59 Å². The second kappa shape index (κ2) is 6.25. The van der Waals surface area contributed by atoms with Gasteiger partial charge in [-0.05, 0) is 37.0 Å². The van der Waals surface area contributed by atoms with Crippen LogP contribution in [0, 0.1) is 5.92 Å². The summed E-state index contributed by atoms with van der Waals surface area (Å²) in [6, 6.07) is 4.99. The molecule has 6 heteroatoms. The average molecular weight is 304 g/mol. The first-order valence-electron chi connectivity index (χ1n) is 7.59. The van der Waals surface area contributed by atoms with Crippen LogP contribution >= 0.6 is 0 Å². The molecule has 1 unspecified atom stereocenters. The molecule has 1 atom stereocenters. The minimum Gasteiger partial charge on any atom is -0.454 e. The third kappa shape index (κ3) is 3.16. The predicted molar refractivity (Wildman–Crippen MR) is 79.9 cm³/mol. The highest BCUT2D eigenvalue weighted by molar-refractivity contribution is 5.97. The van der Waals surface area contributed by atoms with Crippen molar-refractivity contribution in [1.82, 2.24) is 10.2 Å². The second-order valence-electron chi connectivity index (χ2n) is 5.84. The molecule has 118 valence electrons. The van der Waals surface area contributed by atoms with Crippen LogP contribution in [-0.4, -0.2) is 43.1 Å². The van der Waals surface area contributed by atoms with Crippen LogP contribution < -0.4 is 14.8 Å². The van der Waals surface area contributed by atoms with Crippen molar-refractivity contribution in [2.45, 2.75) is 19.8 Å². The number of carbonyl (C=O) groups is 2. The average Bonchev–Trinajstić information content (AvgIpc) is 2.99. The fraction of sp³-hybridized carbons (Fsp3) is 0.500. The van der Waals surface area contributed by atoms with Crippen molar-refractivity contribution in [3.63, 3.8) is 0 Å². The fourth-order valence-electron chi connectivity index (χ4n) is 2.82. The van der Waals surface area contributed by atoms with Gasteiger partial charge in [-0.2, -0.15) is 0 Å². The standard InChI is InChI=1S/C16H20N2O4/c1-11-3-2-6-18(9-11)15(19)8-17-16(20)12-4-5-13-14(7-12)22-10-21-13/h4-5,7,11H,2-3,6,8-10H2,1H3,(H,17,20). The van der Waals surface area contributed by atoms with Gasteiger partial charge in [0.25, 0.3) is 5.91 Å². The summed E-state index contributed by atoms with van der Waals surface area (Å²) in [5.41, 5.74) is 0.462. The van der Waals surface area contributed by atoms with Crippen LogP contribution in [0.3, 0.4) is 0 Å². The lowest BCUT2D eigenvalue weighted by molar-refractivity contribution is -0.131. The Labute approximate surface area is 129 Å². The zero-order valence-electron chi connectivity index (χ0n) is 12.6. The number of benzene rings is 1. The molecule has 2 aliphatic heterocycles. The van der Waals surface area contributed by atoms with Crippen molar-refractivity contribution in [3.8, 4) is 11.5 Å². The van der Waals surface area contributed by atoms with Crippen molar-refractivity contribution in [2.75, 3.05) is 26.4 Å². The summed E-state index contributed by atoms with van der Waals surface area (Å²) in [6.07, 6.45) is 2.19. The van der Waals surface area contributed by atoms with Crippen LogP contribution in [0.2, 0.25) is 0 Å². The molecule has 6 nitrogen and oxygen atoms in total. The van der Waals surface area contributed by atoms with Gasteiger partial charge in [0, 0.05) is 18.7 Å². The van der Waals surface area contributed by atoms with Gasteiger partial charge in [0.15, 0.2) is 11.5 Å². The highest BCUT2D eigenvalue weighted by atomic mass is 16.7. The second-order valence-corrected chi connectivity index (χ2v) is 5.84.